The number of furan rings is 1. The molecule has 1 aliphatic rings. The normalized spacial score (nSPS) is 16.4. The van der Waals surface area contributed by atoms with Gasteiger partial charge in [-0.15, -0.1) is 0 Å². The molecule has 0 aliphatic heterocycles. The summed E-state index contributed by atoms with van der Waals surface area (Å²) < 4.78 is 5.19. The van der Waals surface area contributed by atoms with Crippen LogP contribution in [0.4, 0.5) is 0 Å². The summed E-state index contributed by atoms with van der Waals surface area (Å²) in [5.41, 5.74) is 0. The molecule has 0 spiro atoms. The Bertz CT molecular complexity index is 301. The van der Waals surface area contributed by atoms with E-state index in [2.05, 4.69) is 0 Å². The van der Waals surface area contributed by atoms with E-state index in [4.69, 9.17) is 4.42 Å². The molecule has 0 aromatic carbocycles. The lowest BCUT2D eigenvalue weighted by molar-refractivity contribution is -0.137. The van der Waals surface area contributed by atoms with E-state index < -0.39 is 0 Å². The molecule has 1 aromatic rings. The van der Waals surface area contributed by atoms with Gasteiger partial charge in [-0.2, -0.15) is 0 Å². The molecular formula is C11H15NO2. The molecule has 1 heterocycles. The second-order valence-electron chi connectivity index (χ2n) is 3.90. The lowest BCUT2D eigenvalue weighted by Gasteiger charge is -2.28. The first-order valence-electron chi connectivity index (χ1n) is 5.05. The van der Waals surface area contributed by atoms with E-state index in [1.807, 2.05) is 19.2 Å². The standard InChI is InChI=1S/C11H15NO2/c1-12(8-10-6-3-7-14-10)11(13)9-4-2-5-9/h3,6-7,9H,2,4-5,8H2,1H3. The molecule has 0 N–H and O–H groups in total. The highest BCUT2D eigenvalue weighted by Gasteiger charge is 2.27. The highest BCUT2D eigenvalue weighted by Crippen LogP contribution is 2.28. The monoisotopic (exact) mass is 193 g/mol. The van der Waals surface area contributed by atoms with Crippen molar-refractivity contribution in [3.8, 4) is 0 Å². The van der Waals surface area contributed by atoms with Crippen LogP contribution in [0.5, 0.6) is 0 Å². The van der Waals surface area contributed by atoms with Gasteiger partial charge in [0.25, 0.3) is 0 Å². The molecule has 0 unspecified atom stereocenters. The quantitative estimate of drug-likeness (QED) is 0.736. The van der Waals surface area contributed by atoms with Gasteiger partial charge in [0.2, 0.25) is 5.91 Å². The average Bonchev–Trinajstić information content (AvgIpc) is 2.53. The highest BCUT2D eigenvalue weighted by molar-refractivity contribution is 5.79. The van der Waals surface area contributed by atoms with Crippen LogP contribution in [0.3, 0.4) is 0 Å². The minimum atomic E-state index is 0.257. The van der Waals surface area contributed by atoms with Crippen molar-refractivity contribution < 1.29 is 9.21 Å². The Morgan fingerprint density at radius 2 is 2.43 bits per heavy atom. The van der Waals surface area contributed by atoms with Crippen molar-refractivity contribution in [3.63, 3.8) is 0 Å². The van der Waals surface area contributed by atoms with Crippen molar-refractivity contribution in [1.82, 2.24) is 4.90 Å². The molecule has 0 atom stereocenters. The Morgan fingerprint density at radius 3 is 2.93 bits per heavy atom. The Labute approximate surface area is 83.7 Å². The summed E-state index contributed by atoms with van der Waals surface area (Å²) in [6.07, 6.45) is 4.95. The molecule has 3 heteroatoms. The zero-order valence-corrected chi connectivity index (χ0v) is 8.40. The van der Waals surface area contributed by atoms with Crippen LogP contribution in [0.25, 0.3) is 0 Å². The summed E-state index contributed by atoms with van der Waals surface area (Å²) in [6.45, 7) is 0.586. The summed E-state index contributed by atoms with van der Waals surface area (Å²) in [4.78, 5) is 13.5. The molecule has 1 saturated carbocycles. The van der Waals surface area contributed by atoms with Gasteiger partial charge in [-0.25, -0.2) is 0 Å². The van der Waals surface area contributed by atoms with E-state index in [0.717, 1.165) is 18.6 Å². The van der Waals surface area contributed by atoms with Crippen LogP contribution in [0.15, 0.2) is 22.8 Å². The number of nitrogens with zero attached hydrogens (tertiary/aromatic N) is 1. The summed E-state index contributed by atoms with van der Waals surface area (Å²) in [5.74, 6) is 1.38. The van der Waals surface area contributed by atoms with Crippen LogP contribution in [0.1, 0.15) is 25.0 Å². The summed E-state index contributed by atoms with van der Waals surface area (Å²) in [5, 5.41) is 0. The maximum Gasteiger partial charge on any atom is 0.225 e. The lowest BCUT2D eigenvalue weighted by atomic mass is 9.84. The molecule has 1 aromatic heterocycles. The Morgan fingerprint density at radius 1 is 1.64 bits per heavy atom. The number of hydrogen-bond donors (Lipinski definition) is 0. The first-order chi connectivity index (χ1) is 6.77. The Hall–Kier alpha value is -1.25. The molecule has 1 fully saturated rings. The van der Waals surface area contributed by atoms with Crippen LogP contribution in [-0.2, 0) is 11.3 Å². The maximum absolute atomic E-state index is 11.7. The summed E-state index contributed by atoms with van der Waals surface area (Å²) in [7, 11) is 1.84. The Balaban J connectivity index is 1.88. The van der Waals surface area contributed by atoms with Gasteiger partial charge in [-0.3, -0.25) is 4.79 Å². The third kappa shape index (κ3) is 1.81. The number of rotatable bonds is 3. The smallest absolute Gasteiger partial charge is 0.225 e. The van der Waals surface area contributed by atoms with Crippen LogP contribution < -0.4 is 0 Å². The van der Waals surface area contributed by atoms with Gasteiger partial charge in [0, 0.05) is 13.0 Å². The fourth-order valence-corrected chi connectivity index (χ4v) is 1.68. The van der Waals surface area contributed by atoms with E-state index in [-0.39, 0.29) is 11.8 Å². The minimum absolute atomic E-state index is 0.257. The van der Waals surface area contributed by atoms with Gasteiger partial charge in [0.1, 0.15) is 5.76 Å². The van der Waals surface area contributed by atoms with E-state index in [0.29, 0.717) is 6.54 Å². The van der Waals surface area contributed by atoms with Gasteiger partial charge in [0.05, 0.1) is 12.8 Å². The van der Waals surface area contributed by atoms with Crippen molar-refractivity contribution in [2.75, 3.05) is 7.05 Å². The molecule has 0 saturated heterocycles. The van der Waals surface area contributed by atoms with Gasteiger partial charge >= 0.3 is 0 Å². The molecule has 3 nitrogen and oxygen atoms in total. The molecule has 1 aliphatic carbocycles. The van der Waals surface area contributed by atoms with E-state index in [1.54, 1.807) is 11.2 Å². The highest BCUT2D eigenvalue weighted by atomic mass is 16.3. The van der Waals surface area contributed by atoms with Gasteiger partial charge < -0.3 is 9.32 Å². The van der Waals surface area contributed by atoms with E-state index in [1.165, 1.54) is 6.42 Å². The molecule has 2 rings (SSSR count). The number of amides is 1. The van der Waals surface area contributed by atoms with E-state index in [9.17, 15) is 4.79 Å². The van der Waals surface area contributed by atoms with Gasteiger partial charge in [-0.1, -0.05) is 6.42 Å². The third-order valence-corrected chi connectivity index (χ3v) is 2.80. The Kier molecular flexibility index (Phi) is 2.57. The van der Waals surface area contributed by atoms with Crippen LogP contribution >= 0.6 is 0 Å². The first-order valence-corrected chi connectivity index (χ1v) is 5.05. The SMILES string of the molecule is CN(Cc1ccco1)C(=O)C1CCC1. The van der Waals surface area contributed by atoms with Crippen molar-refractivity contribution in [2.45, 2.75) is 25.8 Å². The zero-order chi connectivity index (χ0) is 9.97. The topological polar surface area (TPSA) is 33.5 Å². The second-order valence-corrected chi connectivity index (χ2v) is 3.90. The predicted molar refractivity (Wildman–Crippen MR) is 52.5 cm³/mol. The molecule has 76 valence electrons. The van der Waals surface area contributed by atoms with Crippen molar-refractivity contribution in [3.05, 3.63) is 24.2 Å². The fourth-order valence-electron chi connectivity index (χ4n) is 1.68. The molecule has 1 amide bonds. The predicted octanol–water partition coefficient (Wildman–Crippen LogP) is 2.04. The molecule has 14 heavy (non-hydrogen) atoms. The van der Waals surface area contributed by atoms with Crippen LogP contribution in [0, 0.1) is 5.92 Å². The van der Waals surface area contributed by atoms with Crippen LogP contribution in [-0.4, -0.2) is 17.9 Å². The zero-order valence-electron chi connectivity index (χ0n) is 8.40. The summed E-state index contributed by atoms with van der Waals surface area (Å²) in [6, 6.07) is 3.74. The van der Waals surface area contributed by atoms with Gasteiger partial charge in [-0.05, 0) is 25.0 Å². The van der Waals surface area contributed by atoms with Crippen molar-refractivity contribution >= 4 is 5.91 Å². The number of carbonyl (C=O) groups is 1. The first kappa shape index (κ1) is 9.31. The van der Waals surface area contributed by atoms with Gasteiger partial charge in [0.15, 0.2) is 0 Å². The second kappa shape index (κ2) is 3.86. The van der Waals surface area contributed by atoms with Crippen molar-refractivity contribution in [2.24, 2.45) is 5.92 Å². The van der Waals surface area contributed by atoms with Crippen LogP contribution in [0.2, 0.25) is 0 Å². The lowest BCUT2D eigenvalue weighted by Crippen LogP contribution is -2.35. The average molecular weight is 193 g/mol. The van der Waals surface area contributed by atoms with Crippen molar-refractivity contribution in [1.29, 1.82) is 0 Å². The molecular weight excluding hydrogens is 178 g/mol. The molecule has 0 radical (unpaired) electrons. The third-order valence-electron chi connectivity index (χ3n) is 2.80. The van der Waals surface area contributed by atoms with E-state index >= 15 is 0 Å². The number of hydrogen-bond acceptors (Lipinski definition) is 2. The molecule has 0 bridgehead atoms. The number of carbonyl (C=O) groups excluding carboxylic acids is 1. The minimum Gasteiger partial charge on any atom is -0.467 e. The summed E-state index contributed by atoms with van der Waals surface area (Å²) >= 11 is 0. The fraction of sp³-hybridized carbons (Fsp3) is 0.545. The maximum atomic E-state index is 11.7. The largest absolute Gasteiger partial charge is 0.467 e.